The number of carbonyl (C=O) groups is 8. The van der Waals surface area contributed by atoms with Crippen LogP contribution in [-0.4, -0.2) is 154 Å². The van der Waals surface area contributed by atoms with E-state index in [9.17, 15) is 48.6 Å². The van der Waals surface area contributed by atoms with Gasteiger partial charge in [0.1, 0.15) is 36.3 Å². The molecule has 3 rings (SSSR count). The lowest BCUT2D eigenvalue weighted by Crippen LogP contribution is -2.60. The Bertz CT molecular complexity index is 1750. The first-order chi connectivity index (χ1) is 28.9. The van der Waals surface area contributed by atoms with E-state index < -0.39 is 108 Å². The molecular weight excluding hydrogens is 815 g/mol. The Kier molecular flexibility index (Phi) is 19.7. The zero-order chi connectivity index (χ0) is 45.4. The van der Waals surface area contributed by atoms with Crippen molar-refractivity contribution in [2.75, 3.05) is 31.9 Å². The number of carbonyl (C=O) groups excluding carboxylic acids is 7. The van der Waals surface area contributed by atoms with Crippen molar-refractivity contribution in [2.24, 2.45) is 28.1 Å². The highest BCUT2D eigenvalue weighted by Gasteiger charge is 2.43. The van der Waals surface area contributed by atoms with Gasteiger partial charge >= 0.3 is 5.97 Å². The minimum atomic E-state index is -1.46. The maximum Gasteiger partial charge on any atom is 0.326 e. The van der Waals surface area contributed by atoms with Gasteiger partial charge in [0, 0.05) is 25.4 Å². The number of rotatable bonds is 22. The highest BCUT2D eigenvalue weighted by Crippen LogP contribution is 2.25. The largest absolute Gasteiger partial charge is 0.480 e. The maximum absolute atomic E-state index is 13.9. The number of likely N-dealkylation sites (tertiary alicyclic amines) is 2. The fourth-order valence-electron chi connectivity index (χ4n) is 7.09. The molecule has 61 heavy (non-hydrogen) atoms. The lowest BCUT2D eigenvalue weighted by Gasteiger charge is -2.32. The minimum absolute atomic E-state index is 0.0333. The molecule has 0 bridgehead atoms. The molecule has 0 aliphatic carbocycles. The smallest absolute Gasteiger partial charge is 0.326 e. The molecule has 21 nitrogen and oxygen atoms in total. The van der Waals surface area contributed by atoms with E-state index in [0.717, 1.165) is 5.56 Å². The Hall–Kier alpha value is -5.48. The van der Waals surface area contributed by atoms with Crippen molar-refractivity contribution in [3.63, 3.8) is 0 Å². The third kappa shape index (κ3) is 14.9. The molecule has 2 aliphatic rings. The number of benzene rings is 1. The molecule has 8 atom stereocenters. The Morgan fingerprint density at radius 3 is 2.02 bits per heavy atom. The topological polar surface area (TPSA) is 334 Å². The number of thiol groups is 1. The number of guanidine groups is 1. The number of nitrogens with zero attached hydrogens (tertiary/aromatic N) is 3. The summed E-state index contributed by atoms with van der Waals surface area (Å²) in [5.74, 6) is -6.80. The van der Waals surface area contributed by atoms with Crippen LogP contribution in [0.15, 0.2) is 35.3 Å². The normalized spacial score (nSPS) is 19.1. The van der Waals surface area contributed by atoms with Crippen LogP contribution in [-0.2, 0) is 44.8 Å². The molecular formula is C39H61N11O10S. The molecule has 7 amide bonds. The standard InChI is InChI=1S/C39H61N11O10S/c1-21(2)30(35(56)45-25(38(59)60)12-7-15-43-39(41)42)47-34(55)27-13-8-17-50(27)37(58)28-14-9-16-49(28)29(52)19-44-33(54)26(20-61)46-36(57)31(22(3)51)48-32(53)24(40)18-23-10-5-4-6-11-23/h4-6,10-11,21-22,24-28,30-31,51,61H,7-9,12-20,40H2,1-3H3,(H,44,54)(H,45,56)(H,46,57)(H,47,55)(H,48,53)(H,59,60)(H4,41,42,43)/t22-,24+,25+,26+,27+,28+,30+,31+/m1/s1. The molecule has 1 aromatic rings. The van der Waals surface area contributed by atoms with Crippen LogP contribution < -0.4 is 43.8 Å². The van der Waals surface area contributed by atoms with Gasteiger partial charge < -0.3 is 63.8 Å². The quantitative estimate of drug-likeness (QED) is 0.0236. The van der Waals surface area contributed by atoms with E-state index in [-0.39, 0.29) is 50.6 Å². The van der Waals surface area contributed by atoms with Gasteiger partial charge in [-0.3, -0.25) is 38.6 Å². The highest BCUT2D eigenvalue weighted by atomic mass is 32.1. The zero-order valence-electron chi connectivity index (χ0n) is 34.7. The Morgan fingerprint density at radius 1 is 0.820 bits per heavy atom. The van der Waals surface area contributed by atoms with E-state index in [1.54, 1.807) is 38.1 Å². The van der Waals surface area contributed by atoms with Gasteiger partial charge in [-0.25, -0.2) is 4.79 Å². The van der Waals surface area contributed by atoms with Gasteiger partial charge in [0.05, 0.1) is 18.7 Å². The average Bonchev–Trinajstić information content (AvgIpc) is 3.92. The molecule has 2 fully saturated rings. The van der Waals surface area contributed by atoms with Gasteiger partial charge in [-0.05, 0) is 63.4 Å². The summed E-state index contributed by atoms with van der Waals surface area (Å²) in [6.07, 6.45) is 0.667. The monoisotopic (exact) mass is 875 g/mol. The summed E-state index contributed by atoms with van der Waals surface area (Å²) in [6, 6.07) is 0.936. The van der Waals surface area contributed by atoms with E-state index >= 15 is 0 Å². The predicted octanol–water partition coefficient (Wildman–Crippen LogP) is -3.30. The van der Waals surface area contributed by atoms with Gasteiger partial charge in [0.25, 0.3) is 0 Å². The number of aliphatic hydroxyl groups is 1. The lowest BCUT2D eigenvalue weighted by atomic mass is 10.0. The molecule has 13 N–H and O–H groups in total. The summed E-state index contributed by atoms with van der Waals surface area (Å²) in [4.78, 5) is 112. The van der Waals surface area contributed by atoms with Gasteiger partial charge in [0.2, 0.25) is 41.4 Å². The van der Waals surface area contributed by atoms with Crippen molar-refractivity contribution >= 4 is 65.9 Å². The van der Waals surface area contributed by atoms with Crippen LogP contribution in [0.1, 0.15) is 64.9 Å². The van der Waals surface area contributed by atoms with Crippen molar-refractivity contribution in [1.29, 1.82) is 0 Å². The molecule has 338 valence electrons. The van der Waals surface area contributed by atoms with E-state index in [0.29, 0.717) is 25.7 Å². The number of aliphatic imine (C=N–C) groups is 1. The SMILES string of the molecule is CC(C)[C@H](NC(=O)[C@@H]1CCCN1C(=O)[C@@H]1CCCN1C(=O)CNC(=O)[C@H](CS)NC(=O)[C@@H](NC(=O)[C@@H](N)Cc1ccccc1)[C@@H](C)O)C(=O)N[C@@H](CCCN=C(N)N)C(=O)O. The second-order valence-corrected chi connectivity index (χ2v) is 15.9. The van der Waals surface area contributed by atoms with Crippen LogP contribution in [0, 0.1) is 5.92 Å². The predicted molar refractivity (Wildman–Crippen MR) is 226 cm³/mol. The van der Waals surface area contributed by atoms with Crippen LogP contribution in [0.5, 0.6) is 0 Å². The molecule has 2 heterocycles. The number of amides is 7. The third-order valence-corrected chi connectivity index (χ3v) is 10.8. The highest BCUT2D eigenvalue weighted by molar-refractivity contribution is 7.80. The van der Waals surface area contributed by atoms with Gasteiger partial charge in [-0.15, -0.1) is 0 Å². The van der Waals surface area contributed by atoms with Crippen molar-refractivity contribution in [2.45, 2.75) is 114 Å². The number of hydrogen-bond donors (Lipinski definition) is 11. The van der Waals surface area contributed by atoms with E-state index in [1.165, 1.54) is 16.7 Å². The van der Waals surface area contributed by atoms with Gasteiger partial charge in [-0.1, -0.05) is 44.2 Å². The number of aliphatic carboxylic acids is 1. The molecule has 0 spiro atoms. The molecule has 2 aliphatic heterocycles. The number of carboxylic acids is 1. The van der Waals surface area contributed by atoms with Gasteiger partial charge in [0.15, 0.2) is 5.96 Å². The number of nitrogens with two attached hydrogens (primary N) is 3. The molecule has 0 aromatic heterocycles. The van der Waals surface area contributed by atoms with E-state index in [2.05, 4.69) is 44.2 Å². The van der Waals surface area contributed by atoms with Crippen molar-refractivity contribution in [3.8, 4) is 0 Å². The molecule has 0 radical (unpaired) electrons. The fourth-order valence-corrected chi connectivity index (χ4v) is 7.35. The maximum atomic E-state index is 13.9. The Balaban J connectivity index is 1.58. The van der Waals surface area contributed by atoms with Crippen LogP contribution in [0.3, 0.4) is 0 Å². The molecule has 22 heteroatoms. The van der Waals surface area contributed by atoms with Crippen LogP contribution in [0.25, 0.3) is 0 Å². The first kappa shape index (κ1) is 49.9. The van der Waals surface area contributed by atoms with E-state index in [1.807, 2.05) is 6.07 Å². The lowest BCUT2D eigenvalue weighted by molar-refractivity contribution is -0.147. The second kappa shape index (κ2) is 24.1. The second-order valence-electron chi connectivity index (χ2n) is 15.5. The number of carboxylic acid groups (broad SMARTS) is 1. The summed E-state index contributed by atoms with van der Waals surface area (Å²) >= 11 is 4.16. The molecule has 2 saturated heterocycles. The van der Waals surface area contributed by atoms with Crippen molar-refractivity contribution in [3.05, 3.63) is 35.9 Å². The molecule has 0 unspecified atom stereocenters. The van der Waals surface area contributed by atoms with Crippen molar-refractivity contribution < 1.29 is 48.6 Å². The summed E-state index contributed by atoms with van der Waals surface area (Å²) in [5.41, 5.74) is 17.5. The summed E-state index contributed by atoms with van der Waals surface area (Å²) in [5, 5.41) is 32.5. The van der Waals surface area contributed by atoms with Crippen LogP contribution >= 0.6 is 12.6 Å². The van der Waals surface area contributed by atoms with Crippen molar-refractivity contribution in [1.82, 2.24) is 36.4 Å². The van der Waals surface area contributed by atoms with E-state index in [4.69, 9.17) is 17.2 Å². The minimum Gasteiger partial charge on any atom is -0.480 e. The number of hydrogen-bond acceptors (Lipinski definition) is 12. The average molecular weight is 876 g/mol. The Labute approximate surface area is 360 Å². The Morgan fingerprint density at radius 2 is 1.43 bits per heavy atom. The van der Waals surface area contributed by atoms with Gasteiger partial charge in [-0.2, -0.15) is 12.6 Å². The summed E-state index contributed by atoms with van der Waals surface area (Å²) in [7, 11) is 0. The molecule has 1 aromatic carbocycles. The number of aliphatic hydroxyl groups excluding tert-OH is 1. The first-order valence-corrected chi connectivity index (χ1v) is 20.9. The first-order valence-electron chi connectivity index (χ1n) is 20.3. The van der Waals surface area contributed by atoms with Crippen LogP contribution in [0.2, 0.25) is 0 Å². The number of nitrogens with one attached hydrogen (secondary N) is 5. The van der Waals surface area contributed by atoms with Crippen LogP contribution in [0.4, 0.5) is 0 Å². The molecule has 0 saturated carbocycles. The third-order valence-electron chi connectivity index (χ3n) is 10.4. The zero-order valence-corrected chi connectivity index (χ0v) is 35.6. The fraction of sp³-hybridized carbons (Fsp3) is 0.615. The summed E-state index contributed by atoms with van der Waals surface area (Å²) < 4.78 is 0. The summed E-state index contributed by atoms with van der Waals surface area (Å²) in [6.45, 7) is 4.70.